The Morgan fingerprint density at radius 2 is 1.05 bits per heavy atom. The summed E-state index contributed by atoms with van der Waals surface area (Å²) >= 11 is 0. The van der Waals surface area contributed by atoms with Crippen LogP contribution in [0.5, 0.6) is 0 Å². The SMILES string of the molecule is CCC(C)(C)c1ccc(-c2nc(-c3ccc(C(C)(C)C)cc3)nc(-c3ccc(-c4ccc(C#N)cc4)nc3)n2)cc1. The van der Waals surface area contributed by atoms with Crippen LogP contribution in [0, 0.1) is 11.3 Å². The van der Waals surface area contributed by atoms with Crippen LogP contribution in [0.15, 0.2) is 91.1 Å². The molecule has 5 heteroatoms. The lowest BCUT2D eigenvalue weighted by Crippen LogP contribution is -2.15. The highest BCUT2D eigenvalue weighted by atomic mass is 15.0. The predicted octanol–water partition coefficient (Wildman–Crippen LogP) is 8.79. The van der Waals surface area contributed by atoms with Gasteiger partial charge in [-0.15, -0.1) is 0 Å². The van der Waals surface area contributed by atoms with E-state index in [4.69, 9.17) is 20.2 Å². The number of nitriles is 1. The lowest BCUT2D eigenvalue weighted by atomic mass is 9.82. The third-order valence-corrected chi connectivity index (χ3v) is 7.78. The van der Waals surface area contributed by atoms with Crippen molar-refractivity contribution in [3.63, 3.8) is 0 Å². The minimum Gasteiger partial charge on any atom is -0.255 e. The van der Waals surface area contributed by atoms with Crippen LogP contribution in [0.2, 0.25) is 0 Å². The molecule has 204 valence electrons. The molecule has 0 spiro atoms. The number of hydrogen-bond acceptors (Lipinski definition) is 5. The summed E-state index contributed by atoms with van der Waals surface area (Å²) in [5, 5.41) is 9.10. The fraction of sp³-hybridized carbons (Fsp3) is 0.250. The third kappa shape index (κ3) is 6.07. The van der Waals surface area contributed by atoms with Gasteiger partial charge in [-0.05, 0) is 52.6 Å². The average molecular weight is 538 g/mol. The molecule has 0 atom stereocenters. The first-order valence-electron chi connectivity index (χ1n) is 14.0. The first kappa shape index (κ1) is 27.9. The molecule has 2 heterocycles. The molecule has 0 aliphatic heterocycles. The number of aromatic nitrogens is 4. The molecule has 5 nitrogen and oxygen atoms in total. The summed E-state index contributed by atoms with van der Waals surface area (Å²) in [6.07, 6.45) is 2.86. The fourth-order valence-corrected chi connectivity index (χ4v) is 4.57. The van der Waals surface area contributed by atoms with Crippen LogP contribution in [-0.2, 0) is 10.8 Å². The molecule has 0 saturated carbocycles. The van der Waals surface area contributed by atoms with Crippen LogP contribution in [0.25, 0.3) is 45.4 Å². The zero-order valence-electron chi connectivity index (χ0n) is 24.6. The van der Waals surface area contributed by atoms with Crippen LogP contribution < -0.4 is 0 Å². The van der Waals surface area contributed by atoms with Gasteiger partial charge in [-0.1, -0.05) is 102 Å². The zero-order chi connectivity index (χ0) is 29.2. The van der Waals surface area contributed by atoms with Crippen LogP contribution in [0.3, 0.4) is 0 Å². The van der Waals surface area contributed by atoms with Gasteiger partial charge in [0.25, 0.3) is 0 Å². The highest BCUT2D eigenvalue weighted by molar-refractivity contribution is 5.68. The van der Waals surface area contributed by atoms with E-state index < -0.39 is 0 Å². The van der Waals surface area contributed by atoms with Crippen LogP contribution in [0.4, 0.5) is 0 Å². The van der Waals surface area contributed by atoms with Crippen molar-refractivity contribution >= 4 is 0 Å². The van der Waals surface area contributed by atoms with Gasteiger partial charge in [-0.3, -0.25) is 4.98 Å². The lowest BCUT2D eigenvalue weighted by Gasteiger charge is -2.23. The van der Waals surface area contributed by atoms with E-state index in [2.05, 4.69) is 101 Å². The highest BCUT2D eigenvalue weighted by Gasteiger charge is 2.19. The van der Waals surface area contributed by atoms with Crippen LogP contribution in [-0.4, -0.2) is 19.9 Å². The Labute approximate surface area is 243 Å². The van der Waals surface area contributed by atoms with Gasteiger partial charge in [0.15, 0.2) is 17.5 Å². The standard InChI is InChI=1S/C36H35N5/c1-7-36(5,6)30-19-14-27(15-20-30)33-39-32(26-12-17-29(18-13-26)35(2,3)4)40-34(41-33)28-16-21-31(38-23-28)25-10-8-24(22-37)9-11-25/h8-21,23H,7H2,1-6H3. The lowest BCUT2D eigenvalue weighted by molar-refractivity contribution is 0.506. The van der Waals surface area contributed by atoms with Crippen molar-refractivity contribution in [1.82, 2.24) is 19.9 Å². The van der Waals surface area contributed by atoms with Gasteiger partial charge in [0, 0.05) is 28.5 Å². The number of nitrogens with zero attached hydrogens (tertiary/aromatic N) is 5. The molecular weight excluding hydrogens is 502 g/mol. The van der Waals surface area contributed by atoms with Crippen molar-refractivity contribution in [3.05, 3.63) is 108 Å². The van der Waals surface area contributed by atoms with Gasteiger partial charge in [0.2, 0.25) is 0 Å². The molecule has 41 heavy (non-hydrogen) atoms. The average Bonchev–Trinajstić information content (AvgIpc) is 3.00. The van der Waals surface area contributed by atoms with E-state index in [0.29, 0.717) is 23.0 Å². The summed E-state index contributed by atoms with van der Waals surface area (Å²) < 4.78 is 0. The van der Waals surface area contributed by atoms with E-state index in [1.165, 1.54) is 11.1 Å². The molecule has 0 N–H and O–H groups in total. The second-order valence-corrected chi connectivity index (χ2v) is 12.1. The van der Waals surface area contributed by atoms with Gasteiger partial charge in [0.05, 0.1) is 17.3 Å². The molecule has 0 unspecified atom stereocenters. The Morgan fingerprint density at radius 1 is 0.585 bits per heavy atom. The molecule has 2 aromatic heterocycles. The van der Waals surface area contributed by atoms with Crippen molar-refractivity contribution in [3.8, 4) is 51.5 Å². The van der Waals surface area contributed by atoms with E-state index in [1.54, 1.807) is 18.3 Å². The monoisotopic (exact) mass is 537 g/mol. The van der Waals surface area contributed by atoms with E-state index in [0.717, 1.165) is 34.4 Å². The normalized spacial score (nSPS) is 11.7. The Kier molecular flexibility index (Phi) is 7.51. The summed E-state index contributed by atoms with van der Waals surface area (Å²) in [6, 6.07) is 30.5. The molecule has 0 amide bonds. The Hall–Kier alpha value is -4.69. The number of rotatable bonds is 6. The van der Waals surface area contributed by atoms with Crippen molar-refractivity contribution in [2.75, 3.05) is 0 Å². The first-order chi connectivity index (χ1) is 19.6. The fourth-order valence-electron chi connectivity index (χ4n) is 4.57. The van der Waals surface area contributed by atoms with E-state index in [-0.39, 0.29) is 10.8 Å². The molecule has 0 radical (unpaired) electrons. The van der Waals surface area contributed by atoms with Crippen molar-refractivity contribution in [2.24, 2.45) is 0 Å². The highest BCUT2D eigenvalue weighted by Crippen LogP contribution is 2.31. The molecule has 3 aromatic carbocycles. The molecule has 0 bridgehead atoms. The Balaban J connectivity index is 1.57. The van der Waals surface area contributed by atoms with Crippen molar-refractivity contribution < 1.29 is 0 Å². The number of hydrogen-bond donors (Lipinski definition) is 0. The summed E-state index contributed by atoms with van der Waals surface area (Å²) in [5.41, 5.74) is 7.79. The van der Waals surface area contributed by atoms with Gasteiger partial charge in [-0.25, -0.2) is 15.0 Å². The second kappa shape index (κ2) is 11.1. The molecule has 5 aromatic rings. The molecule has 0 aliphatic carbocycles. The quantitative estimate of drug-likeness (QED) is 0.216. The summed E-state index contributed by atoms with van der Waals surface area (Å²) in [7, 11) is 0. The minimum atomic E-state index is 0.0598. The van der Waals surface area contributed by atoms with Crippen LogP contribution in [0.1, 0.15) is 64.7 Å². The molecule has 0 fully saturated rings. The van der Waals surface area contributed by atoms with Gasteiger partial charge >= 0.3 is 0 Å². The van der Waals surface area contributed by atoms with E-state index >= 15 is 0 Å². The molecule has 5 rings (SSSR count). The largest absolute Gasteiger partial charge is 0.255 e. The Morgan fingerprint density at radius 3 is 1.49 bits per heavy atom. The predicted molar refractivity (Wildman–Crippen MR) is 166 cm³/mol. The first-order valence-corrected chi connectivity index (χ1v) is 14.0. The van der Waals surface area contributed by atoms with Gasteiger partial charge in [0.1, 0.15) is 0 Å². The summed E-state index contributed by atoms with van der Waals surface area (Å²) in [4.78, 5) is 19.4. The van der Waals surface area contributed by atoms with Gasteiger partial charge in [-0.2, -0.15) is 5.26 Å². The maximum Gasteiger partial charge on any atom is 0.165 e. The zero-order valence-corrected chi connectivity index (χ0v) is 24.6. The van der Waals surface area contributed by atoms with Crippen molar-refractivity contribution in [2.45, 2.75) is 58.8 Å². The number of benzene rings is 3. The van der Waals surface area contributed by atoms with E-state index in [9.17, 15) is 0 Å². The minimum absolute atomic E-state index is 0.0598. The van der Waals surface area contributed by atoms with Gasteiger partial charge < -0.3 is 0 Å². The molecule has 0 aliphatic rings. The molecular formula is C36H35N5. The smallest absolute Gasteiger partial charge is 0.165 e. The Bertz CT molecular complexity index is 1690. The second-order valence-electron chi connectivity index (χ2n) is 12.1. The van der Waals surface area contributed by atoms with E-state index in [1.807, 2.05) is 24.3 Å². The van der Waals surface area contributed by atoms with Crippen molar-refractivity contribution in [1.29, 1.82) is 5.26 Å². The maximum absolute atomic E-state index is 9.10. The summed E-state index contributed by atoms with van der Waals surface area (Å²) in [5.74, 6) is 1.82. The summed E-state index contributed by atoms with van der Waals surface area (Å²) in [6.45, 7) is 13.4. The van der Waals surface area contributed by atoms with Crippen LogP contribution >= 0.6 is 0 Å². The topological polar surface area (TPSA) is 75.3 Å². The third-order valence-electron chi connectivity index (χ3n) is 7.78. The maximum atomic E-state index is 9.10. The molecule has 0 saturated heterocycles. The number of pyridine rings is 1.